The van der Waals surface area contributed by atoms with Crippen LogP contribution in [-0.2, 0) is 4.79 Å². The number of hydrogen-bond acceptors (Lipinski definition) is 3. The Morgan fingerprint density at radius 1 is 1.04 bits per heavy atom. The summed E-state index contributed by atoms with van der Waals surface area (Å²) in [6.07, 6.45) is -1.04. The third kappa shape index (κ3) is 4.23. The summed E-state index contributed by atoms with van der Waals surface area (Å²) in [6.45, 7) is 3.46. The first kappa shape index (κ1) is 16.8. The van der Waals surface area contributed by atoms with E-state index >= 15 is 0 Å². The van der Waals surface area contributed by atoms with Crippen molar-refractivity contribution in [3.63, 3.8) is 0 Å². The predicted molar refractivity (Wildman–Crippen MR) is 84.5 cm³/mol. The second-order valence-corrected chi connectivity index (χ2v) is 5.45. The molecule has 2 unspecified atom stereocenters. The second kappa shape index (κ2) is 7.15. The topological polar surface area (TPSA) is 66.4 Å². The molecule has 4 nitrogen and oxygen atoms in total. The second-order valence-electron chi connectivity index (χ2n) is 5.45. The van der Waals surface area contributed by atoms with Gasteiger partial charge in [0.15, 0.2) is 0 Å². The lowest BCUT2D eigenvalue weighted by atomic mass is 10.0. The Balaban J connectivity index is 2.02. The van der Waals surface area contributed by atoms with Crippen LogP contribution in [0, 0.1) is 12.7 Å². The van der Waals surface area contributed by atoms with Gasteiger partial charge in [-0.1, -0.05) is 42.0 Å². The molecule has 0 radical (unpaired) electrons. The molecule has 2 aromatic rings. The fourth-order valence-electron chi connectivity index (χ4n) is 2.14. The van der Waals surface area contributed by atoms with E-state index in [1.165, 1.54) is 24.3 Å². The third-order valence-corrected chi connectivity index (χ3v) is 3.56. The van der Waals surface area contributed by atoms with Gasteiger partial charge in [0.1, 0.15) is 5.82 Å². The van der Waals surface area contributed by atoms with Crippen LogP contribution in [0.15, 0.2) is 48.5 Å². The van der Waals surface area contributed by atoms with E-state index in [0.717, 1.165) is 5.56 Å². The minimum absolute atomic E-state index is 0.288. The normalized spacial score (nSPS) is 13.2. The Labute approximate surface area is 134 Å². The third-order valence-electron chi connectivity index (χ3n) is 3.56. The van der Waals surface area contributed by atoms with Gasteiger partial charge in [0.05, 0.1) is 12.1 Å². The van der Waals surface area contributed by atoms with Crippen molar-refractivity contribution in [2.45, 2.75) is 26.0 Å². The van der Waals surface area contributed by atoms with Gasteiger partial charge in [-0.3, -0.25) is 9.59 Å². The maximum Gasteiger partial charge on any atom is 0.292 e. The first-order chi connectivity index (χ1) is 10.9. The van der Waals surface area contributed by atoms with Crippen molar-refractivity contribution >= 4 is 11.7 Å². The standard InChI is InChI=1S/C18H18FNO3/c1-11-3-5-14(6-4-11)17(22)18(23)20-12(2)16(21)13-7-9-15(19)10-8-13/h3-10,12,16,21H,1-2H3,(H,20,23). The fourth-order valence-corrected chi connectivity index (χ4v) is 2.14. The Morgan fingerprint density at radius 2 is 1.61 bits per heavy atom. The number of carbonyl (C=O) groups is 2. The summed E-state index contributed by atoms with van der Waals surface area (Å²) in [6, 6.07) is 11.3. The summed E-state index contributed by atoms with van der Waals surface area (Å²) in [5, 5.41) is 12.6. The Kier molecular flexibility index (Phi) is 5.24. The molecule has 2 aromatic carbocycles. The van der Waals surface area contributed by atoms with E-state index in [-0.39, 0.29) is 5.56 Å². The molecule has 0 aliphatic heterocycles. The molecule has 23 heavy (non-hydrogen) atoms. The van der Waals surface area contributed by atoms with Crippen molar-refractivity contribution in [1.29, 1.82) is 0 Å². The molecule has 0 saturated heterocycles. The van der Waals surface area contributed by atoms with Crippen LogP contribution in [0.2, 0.25) is 0 Å². The first-order valence-electron chi connectivity index (χ1n) is 7.24. The minimum atomic E-state index is -1.04. The number of aliphatic hydroxyl groups is 1. The molecule has 0 fully saturated rings. The van der Waals surface area contributed by atoms with Crippen LogP contribution in [0.1, 0.15) is 34.5 Å². The highest BCUT2D eigenvalue weighted by molar-refractivity contribution is 6.42. The molecule has 0 aromatic heterocycles. The number of benzene rings is 2. The van der Waals surface area contributed by atoms with Gasteiger partial charge in [-0.25, -0.2) is 4.39 Å². The largest absolute Gasteiger partial charge is 0.386 e. The quantitative estimate of drug-likeness (QED) is 0.658. The van der Waals surface area contributed by atoms with Crippen LogP contribution in [-0.4, -0.2) is 22.8 Å². The van der Waals surface area contributed by atoms with Gasteiger partial charge in [0.2, 0.25) is 5.78 Å². The number of rotatable bonds is 5. The summed E-state index contributed by atoms with van der Waals surface area (Å²) in [5.41, 5.74) is 1.74. The molecular weight excluding hydrogens is 297 g/mol. The monoisotopic (exact) mass is 315 g/mol. The smallest absolute Gasteiger partial charge is 0.292 e. The zero-order valence-corrected chi connectivity index (χ0v) is 12.9. The first-order valence-corrected chi connectivity index (χ1v) is 7.24. The highest BCUT2D eigenvalue weighted by Gasteiger charge is 2.23. The van der Waals surface area contributed by atoms with Crippen molar-refractivity contribution in [2.24, 2.45) is 0 Å². The van der Waals surface area contributed by atoms with E-state index in [4.69, 9.17) is 0 Å². The lowest BCUT2D eigenvalue weighted by Crippen LogP contribution is -2.41. The van der Waals surface area contributed by atoms with E-state index in [1.54, 1.807) is 31.2 Å². The molecule has 5 heteroatoms. The number of aryl methyl sites for hydroxylation is 1. The Morgan fingerprint density at radius 3 is 2.17 bits per heavy atom. The van der Waals surface area contributed by atoms with Crippen LogP contribution < -0.4 is 5.32 Å². The summed E-state index contributed by atoms with van der Waals surface area (Å²) < 4.78 is 12.9. The number of amides is 1. The molecule has 2 rings (SSSR count). The van der Waals surface area contributed by atoms with Gasteiger partial charge in [-0.2, -0.15) is 0 Å². The van der Waals surface area contributed by atoms with E-state index in [0.29, 0.717) is 5.56 Å². The minimum Gasteiger partial charge on any atom is -0.386 e. The van der Waals surface area contributed by atoms with E-state index in [1.807, 2.05) is 6.92 Å². The zero-order valence-electron chi connectivity index (χ0n) is 12.9. The fraction of sp³-hybridized carbons (Fsp3) is 0.222. The molecule has 2 atom stereocenters. The van der Waals surface area contributed by atoms with Crippen molar-refractivity contribution < 1.29 is 19.1 Å². The van der Waals surface area contributed by atoms with Crippen molar-refractivity contribution in [1.82, 2.24) is 5.32 Å². The predicted octanol–water partition coefficient (Wildman–Crippen LogP) is 2.56. The number of halogens is 1. The number of nitrogens with one attached hydrogen (secondary N) is 1. The van der Waals surface area contributed by atoms with Gasteiger partial charge >= 0.3 is 0 Å². The van der Waals surface area contributed by atoms with Crippen molar-refractivity contribution in [2.75, 3.05) is 0 Å². The molecule has 0 spiro atoms. The van der Waals surface area contributed by atoms with Crippen LogP contribution in [0.4, 0.5) is 4.39 Å². The summed E-state index contributed by atoms with van der Waals surface area (Å²) in [5.74, 6) is -1.86. The highest BCUT2D eigenvalue weighted by Crippen LogP contribution is 2.17. The molecule has 0 saturated carbocycles. The number of aliphatic hydroxyl groups excluding tert-OH is 1. The zero-order chi connectivity index (χ0) is 17.0. The van der Waals surface area contributed by atoms with Gasteiger partial charge in [-0.15, -0.1) is 0 Å². The summed E-state index contributed by atoms with van der Waals surface area (Å²) in [7, 11) is 0. The lowest BCUT2D eigenvalue weighted by molar-refractivity contribution is -0.118. The number of Topliss-reactive ketones (excluding diaryl/α,β-unsaturated/α-hetero) is 1. The molecule has 0 bridgehead atoms. The van der Waals surface area contributed by atoms with Gasteiger partial charge in [0, 0.05) is 5.56 Å². The van der Waals surface area contributed by atoms with Crippen LogP contribution >= 0.6 is 0 Å². The van der Waals surface area contributed by atoms with E-state index in [2.05, 4.69) is 5.32 Å². The summed E-state index contributed by atoms with van der Waals surface area (Å²) >= 11 is 0. The summed E-state index contributed by atoms with van der Waals surface area (Å²) in [4.78, 5) is 24.0. The number of ketones is 1. The average Bonchev–Trinajstić information content (AvgIpc) is 2.54. The average molecular weight is 315 g/mol. The maximum atomic E-state index is 12.9. The SMILES string of the molecule is Cc1ccc(C(=O)C(=O)NC(C)C(O)c2ccc(F)cc2)cc1. The molecular formula is C18H18FNO3. The highest BCUT2D eigenvalue weighted by atomic mass is 19.1. The van der Waals surface area contributed by atoms with Crippen LogP contribution in [0.5, 0.6) is 0 Å². The number of carbonyl (C=O) groups excluding carboxylic acids is 2. The van der Waals surface area contributed by atoms with Crippen molar-refractivity contribution in [3.05, 3.63) is 71.0 Å². The van der Waals surface area contributed by atoms with Gasteiger partial charge in [0.25, 0.3) is 5.91 Å². The molecule has 2 N–H and O–H groups in total. The Hall–Kier alpha value is -2.53. The molecule has 0 aliphatic rings. The molecule has 0 aliphatic carbocycles. The van der Waals surface area contributed by atoms with E-state index < -0.39 is 29.7 Å². The number of hydrogen-bond donors (Lipinski definition) is 2. The molecule has 0 heterocycles. The molecule has 120 valence electrons. The maximum absolute atomic E-state index is 12.9. The van der Waals surface area contributed by atoms with Gasteiger partial charge < -0.3 is 10.4 Å². The van der Waals surface area contributed by atoms with Crippen LogP contribution in [0.3, 0.4) is 0 Å². The lowest BCUT2D eigenvalue weighted by Gasteiger charge is -2.20. The Bertz CT molecular complexity index is 695. The van der Waals surface area contributed by atoms with Crippen LogP contribution in [0.25, 0.3) is 0 Å². The molecule has 1 amide bonds. The van der Waals surface area contributed by atoms with Crippen molar-refractivity contribution in [3.8, 4) is 0 Å². The van der Waals surface area contributed by atoms with E-state index in [9.17, 15) is 19.1 Å². The van der Waals surface area contributed by atoms with Gasteiger partial charge in [-0.05, 0) is 31.5 Å².